The maximum absolute atomic E-state index is 13.7. The van der Waals surface area contributed by atoms with Crippen LogP contribution in [0.1, 0.15) is 44.2 Å². The highest BCUT2D eigenvalue weighted by Crippen LogP contribution is 2.36. The third-order valence-electron chi connectivity index (χ3n) is 4.15. The van der Waals surface area contributed by atoms with Crippen LogP contribution in [-0.4, -0.2) is 24.5 Å². The average Bonchev–Trinajstić information content (AvgIpc) is 2.60. The Balaban J connectivity index is 2.37. The Labute approximate surface area is 126 Å². The minimum atomic E-state index is -0.260. The van der Waals surface area contributed by atoms with Gasteiger partial charge in [0.05, 0.1) is 0 Å². The van der Waals surface area contributed by atoms with Crippen molar-refractivity contribution in [1.82, 2.24) is 4.90 Å². The normalized spacial score (nSPS) is 24.6. The molecule has 0 spiro atoms. The van der Waals surface area contributed by atoms with Gasteiger partial charge in [-0.25, -0.2) is 4.39 Å². The number of hydrogen-bond donors (Lipinski definition) is 1. The molecule has 0 bridgehead atoms. The number of rotatable bonds is 4. The largest absolute Gasteiger partial charge is 0.330 e. The first-order chi connectivity index (χ1) is 9.65. The number of halogens is 2. The molecule has 4 heteroatoms. The molecule has 0 saturated carbocycles. The molecule has 1 fully saturated rings. The van der Waals surface area contributed by atoms with Crippen LogP contribution in [0.2, 0.25) is 5.02 Å². The first-order valence-corrected chi connectivity index (χ1v) is 7.93. The van der Waals surface area contributed by atoms with Gasteiger partial charge in [-0.2, -0.15) is 0 Å². The second kappa shape index (κ2) is 7.39. The highest BCUT2D eigenvalue weighted by Gasteiger charge is 2.30. The summed E-state index contributed by atoms with van der Waals surface area (Å²) in [7, 11) is 0. The number of nitrogens with zero attached hydrogens (tertiary/aromatic N) is 1. The summed E-state index contributed by atoms with van der Waals surface area (Å²) in [4.78, 5) is 2.45. The second-order valence-electron chi connectivity index (χ2n) is 5.68. The maximum Gasteiger partial charge on any atom is 0.125 e. The van der Waals surface area contributed by atoms with Crippen LogP contribution in [0, 0.1) is 11.7 Å². The lowest BCUT2D eigenvalue weighted by atomic mass is 9.89. The molecular weight excluding hydrogens is 275 g/mol. The Morgan fingerprint density at radius 2 is 2.15 bits per heavy atom. The second-order valence-corrected chi connectivity index (χ2v) is 6.11. The molecule has 0 aliphatic carbocycles. The van der Waals surface area contributed by atoms with E-state index in [1.807, 2.05) is 6.07 Å². The van der Waals surface area contributed by atoms with Gasteiger partial charge in [0.1, 0.15) is 5.82 Å². The third kappa shape index (κ3) is 3.72. The monoisotopic (exact) mass is 298 g/mol. The predicted octanol–water partition coefficient (Wildman–Crippen LogP) is 3.99. The van der Waals surface area contributed by atoms with Gasteiger partial charge < -0.3 is 5.73 Å². The van der Waals surface area contributed by atoms with Crippen molar-refractivity contribution in [2.45, 2.75) is 38.6 Å². The molecule has 1 aromatic rings. The molecule has 112 valence electrons. The number of hydrogen-bond acceptors (Lipinski definition) is 2. The third-order valence-corrected chi connectivity index (χ3v) is 4.37. The summed E-state index contributed by atoms with van der Waals surface area (Å²) >= 11 is 6.04. The van der Waals surface area contributed by atoms with E-state index < -0.39 is 0 Å². The van der Waals surface area contributed by atoms with Crippen LogP contribution in [0.3, 0.4) is 0 Å². The topological polar surface area (TPSA) is 29.3 Å². The zero-order valence-electron chi connectivity index (χ0n) is 12.1. The van der Waals surface area contributed by atoms with Gasteiger partial charge in [-0.15, -0.1) is 0 Å². The molecule has 1 aliphatic rings. The molecule has 2 atom stereocenters. The molecule has 20 heavy (non-hydrogen) atoms. The van der Waals surface area contributed by atoms with Gasteiger partial charge in [0.25, 0.3) is 0 Å². The summed E-state index contributed by atoms with van der Waals surface area (Å²) in [6, 6.07) is 5.07. The standard InChI is InChI=1S/C16H24ClFN2/c1-2-6-20-7-4-3-5-12(11-19)16(20)13-8-14(17)10-15(18)9-13/h8-10,12,16H,2-7,11,19H2,1H3. The van der Waals surface area contributed by atoms with E-state index in [4.69, 9.17) is 17.3 Å². The van der Waals surface area contributed by atoms with Crippen LogP contribution in [0.25, 0.3) is 0 Å². The zero-order chi connectivity index (χ0) is 14.5. The summed E-state index contributed by atoms with van der Waals surface area (Å²) in [5.41, 5.74) is 6.95. The van der Waals surface area contributed by atoms with Gasteiger partial charge in [-0.05, 0) is 68.6 Å². The van der Waals surface area contributed by atoms with Crippen molar-refractivity contribution in [3.05, 3.63) is 34.6 Å². The van der Waals surface area contributed by atoms with E-state index in [-0.39, 0.29) is 11.9 Å². The van der Waals surface area contributed by atoms with Crippen molar-refractivity contribution in [2.24, 2.45) is 11.7 Å². The average molecular weight is 299 g/mol. The van der Waals surface area contributed by atoms with Gasteiger partial charge in [0.15, 0.2) is 0 Å². The lowest BCUT2D eigenvalue weighted by Crippen LogP contribution is -2.36. The number of nitrogens with two attached hydrogens (primary N) is 1. The van der Waals surface area contributed by atoms with Crippen molar-refractivity contribution in [3.8, 4) is 0 Å². The lowest BCUT2D eigenvalue weighted by Gasteiger charge is -2.35. The quantitative estimate of drug-likeness (QED) is 0.910. The van der Waals surface area contributed by atoms with E-state index in [0.29, 0.717) is 17.5 Å². The fourth-order valence-electron chi connectivity index (χ4n) is 3.33. The molecule has 0 amide bonds. The Kier molecular flexibility index (Phi) is 5.82. The first-order valence-electron chi connectivity index (χ1n) is 7.55. The summed E-state index contributed by atoms with van der Waals surface area (Å²) in [6.07, 6.45) is 4.59. The first kappa shape index (κ1) is 15.7. The van der Waals surface area contributed by atoms with Crippen LogP contribution in [0.4, 0.5) is 4.39 Å². The molecule has 1 saturated heterocycles. The minimum Gasteiger partial charge on any atom is -0.330 e. The number of benzene rings is 1. The molecule has 2 N–H and O–H groups in total. The maximum atomic E-state index is 13.7. The van der Waals surface area contributed by atoms with Crippen LogP contribution < -0.4 is 5.73 Å². The molecule has 2 rings (SSSR count). The fourth-order valence-corrected chi connectivity index (χ4v) is 3.56. The van der Waals surface area contributed by atoms with Gasteiger partial charge in [-0.3, -0.25) is 4.90 Å². The van der Waals surface area contributed by atoms with Crippen molar-refractivity contribution >= 4 is 11.6 Å². The highest BCUT2D eigenvalue weighted by atomic mass is 35.5. The van der Waals surface area contributed by atoms with E-state index in [9.17, 15) is 4.39 Å². The zero-order valence-corrected chi connectivity index (χ0v) is 12.9. The molecule has 1 aliphatic heterocycles. The highest BCUT2D eigenvalue weighted by molar-refractivity contribution is 6.30. The summed E-state index contributed by atoms with van der Waals surface area (Å²) in [5.74, 6) is 0.117. The van der Waals surface area contributed by atoms with E-state index in [0.717, 1.165) is 31.5 Å². The summed E-state index contributed by atoms with van der Waals surface area (Å²) < 4.78 is 13.7. The van der Waals surface area contributed by atoms with Crippen LogP contribution >= 0.6 is 11.6 Å². The van der Waals surface area contributed by atoms with Crippen LogP contribution in [-0.2, 0) is 0 Å². The lowest BCUT2D eigenvalue weighted by molar-refractivity contribution is 0.158. The minimum absolute atomic E-state index is 0.190. The molecule has 2 unspecified atom stereocenters. The van der Waals surface area contributed by atoms with E-state index in [2.05, 4.69) is 11.8 Å². The number of likely N-dealkylation sites (tertiary alicyclic amines) is 1. The van der Waals surface area contributed by atoms with E-state index >= 15 is 0 Å². The van der Waals surface area contributed by atoms with Gasteiger partial charge in [-0.1, -0.05) is 24.9 Å². The van der Waals surface area contributed by atoms with Crippen molar-refractivity contribution in [2.75, 3.05) is 19.6 Å². The molecule has 2 nitrogen and oxygen atoms in total. The van der Waals surface area contributed by atoms with Crippen molar-refractivity contribution < 1.29 is 4.39 Å². The molecule has 0 aromatic heterocycles. The van der Waals surface area contributed by atoms with E-state index in [1.54, 1.807) is 6.07 Å². The summed E-state index contributed by atoms with van der Waals surface area (Å²) in [6.45, 7) is 4.90. The molecule has 0 radical (unpaired) electrons. The van der Waals surface area contributed by atoms with Crippen LogP contribution in [0.15, 0.2) is 18.2 Å². The van der Waals surface area contributed by atoms with Gasteiger partial charge in [0, 0.05) is 11.1 Å². The van der Waals surface area contributed by atoms with Gasteiger partial charge >= 0.3 is 0 Å². The molecule has 1 aromatic carbocycles. The Morgan fingerprint density at radius 1 is 1.35 bits per heavy atom. The Bertz CT molecular complexity index is 418. The summed E-state index contributed by atoms with van der Waals surface area (Å²) in [5, 5.41) is 0.469. The van der Waals surface area contributed by atoms with Crippen LogP contribution in [0.5, 0.6) is 0 Å². The fraction of sp³-hybridized carbons (Fsp3) is 0.625. The molecule has 1 heterocycles. The van der Waals surface area contributed by atoms with Crippen molar-refractivity contribution in [1.29, 1.82) is 0 Å². The Morgan fingerprint density at radius 3 is 2.80 bits per heavy atom. The predicted molar refractivity (Wildman–Crippen MR) is 82.4 cm³/mol. The van der Waals surface area contributed by atoms with E-state index in [1.165, 1.54) is 18.9 Å². The smallest absolute Gasteiger partial charge is 0.125 e. The van der Waals surface area contributed by atoms with Crippen molar-refractivity contribution in [3.63, 3.8) is 0 Å². The molecular formula is C16H24ClFN2. The Hall–Kier alpha value is -0.640. The SMILES string of the molecule is CCCN1CCCCC(CN)C1c1cc(F)cc(Cl)c1. The van der Waals surface area contributed by atoms with Gasteiger partial charge in [0.2, 0.25) is 0 Å².